The van der Waals surface area contributed by atoms with Gasteiger partial charge in [0, 0.05) is 18.1 Å². The van der Waals surface area contributed by atoms with E-state index in [1.165, 1.54) is 10.4 Å². The molecule has 0 radical (unpaired) electrons. The summed E-state index contributed by atoms with van der Waals surface area (Å²) in [5.74, 6) is 1.86. The molecule has 0 amide bonds. The maximum Gasteiger partial charge on any atom is 0.246 e. The fraction of sp³-hybridized carbons (Fsp3) is 0.235. The molecule has 0 aromatic carbocycles. The Kier molecular flexibility index (Phi) is 3.89. The fourth-order valence-electron chi connectivity index (χ4n) is 2.65. The van der Waals surface area contributed by atoms with Crippen LogP contribution in [0, 0.1) is 13.8 Å². The van der Waals surface area contributed by atoms with Gasteiger partial charge in [-0.1, -0.05) is 11.2 Å². The molecule has 0 aliphatic heterocycles. The van der Waals surface area contributed by atoms with Crippen molar-refractivity contribution < 1.29 is 4.52 Å². The van der Waals surface area contributed by atoms with Crippen molar-refractivity contribution in [3.63, 3.8) is 0 Å². The molecule has 8 heteroatoms. The van der Waals surface area contributed by atoms with Gasteiger partial charge in [-0.2, -0.15) is 4.98 Å². The van der Waals surface area contributed by atoms with Gasteiger partial charge in [0.1, 0.15) is 22.7 Å². The number of thiophene rings is 1. The third-order valence-electron chi connectivity index (χ3n) is 4.04. The molecule has 0 aliphatic carbocycles. The lowest BCUT2D eigenvalue weighted by atomic mass is 10.2. The number of aromatic nitrogens is 5. The van der Waals surface area contributed by atoms with Crippen LogP contribution in [0.1, 0.15) is 16.3 Å². The number of rotatable bonds is 4. The van der Waals surface area contributed by atoms with E-state index in [-0.39, 0.29) is 0 Å². The lowest BCUT2D eigenvalue weighted by Crippen LogP contribution is -2.18. The van der Waals surface area contributed by atoms with Gasteiger partial charge in [0.15, 0.2) is 0 Å². The van der Waals surface area contributed by atoms with Crippen LogP contribution < -0.4 is 4.90 Å². The molecular weight excluding hydrogens is 336 g/mol. The summed E-state index contributed by atoms with van der Waals surface area (Å²) in [6.07, 6.45) is 3.30. The molecule has 7 nitrogen and oxygen atoms in total. The van der Waals surface area contributed by atoms with Gasteiger partial charge < -0.3 is 9.42 Å². The van der Waals surface area contributed by atoms with E-state index in [0.29, 0.717) is 24.0 Å². The van der Waals surface area contributed by atoms with Crippen molar-refractivity contribution in [1.29, 1.82) is 0 Å². The molecule has 0 fully saturated rings. The summed E-state index contributed by atoms with van der Waals surface area (Å²) in [6, 6.07) is 5.59. The van der Waals surface area contributed by atoms with Gasteiger partial charge in [0.2, 0.25) is 11.7 Å². The van der Waals surface area contributed by atoms with Gasteiger partial charge in [-0.25, -0.2) is 9.97 Å². The largest absolute Gasteiger partial charge is 0.350 e. The molecule has 0 spiro atoms. The van der Waals surface area contributed by atoms with E-state index in [1.54, 1.807) is 23.9 Å². The topological polar surface area (TPSA) is 80.8 Å². The van der Waals surface area contributed by atoms with Crippen LogP contribution >= 0.6 is 11.3 Å². The molecule has 0 atom stereocenters. The zero-order valence-corrected chi connectivity index (χ0v) is 14.9. The summed E-state index contributed by atoms with van der Waals surface area (Å²) < 4.78 is 5.38. The first-order valence-corrected chi connectivity index (χ1v) is 8.61. The Morgan fingerprint density at radius 2 is 2.04 bits per heavy atom. The quantitative estimate of drug-likeness (QED) is 0.557. The number of aryl methyl sites for hydroxylation is 2. The third-order valence-corrected chi connectivity index (χ3v) is 5.16. The fourth-order valence-corrected chi connectivity index (χ4v) is 3.64. The molecule has 25 heavy (non-hydrogen) atoms. The minimum atomic E-state index is 0.459. The van der Waals surface area contributed by atoms with Gasteiger partial charge >= 0.3 is 0 Å². The highest BCUT2D eigenvalue weighted by Crippen LogP contribution is 2.34. The Morgan fingerprint density at radius 1 is 1.16 bits per heavy atom. The van der Waals surface area contributed by atoms with Crippen molar-refractivity contribution in [2.75, 3.05) is 11.9 Å². The maximum atomic E-state index is 5.38. The van der Waals surface area contributed by atoms with Crippen molar-refractivity contribution in [1.82, 2.24) is 25.1 Å². The monoisotopic (exact) mass is 352 g/mol. The molecule has 0 aliphatic rings. The molecule has 4 heterocycles. The zero-order chi connectivity index (χ0) is 17.4. The Morgan fingerprint density at radius 3 is 2.84 bits per heavy atom. The average molecular weight is 352 g/mol. The summed E-state index contributed by atoms with van der Waals surface area (Å²) in [5.41, 5.74) is 1.90. The highest BCUT2D eigenvalue weighted by atomic mass is 32.1. The zero-order valence-electron chi connectivity index (χ0n) is 14.1. The van der Waals surface area contributed by atoms with Gasteiger partial charge in [0.25, 0.3) is 0 Å². The van der Waals surface area contributed by atoms with Crippen LogP contribution in [-0.2, 0) is 6.54 Å². The van der Waals surface area contributed by atoms with Crippen molar-refractivity contribution in [2.45, 2.75) is 20.4 Å². The minimum Gasteiger partial charge on any atom is -0.350 e. The lowest BCUT2D eigenvalue weighted by Gasteiger charge is -2.16. The number of hydrogen-bond acceptors (Lipinski definition) is 8. The molecule has 0 bridgehead atoms. The first-order chi connectivity index (χ1) is 12.1. The first-order valence-electron chi connectivity index (χ1n) is 7.79. The highest BCUT2D eigenvalue weighted by molar-refractivity contribution is 7.18. The Balaban J connectivity index is 1.63. The predicted molar refractivity (Wildman–Crippen MR) is 96.5 cm³/mol. The molecular formula is C17H16N6OS. The lowest BCUT2D eigenvalue weighted by molar-refractivity contribution is 0.378. The first kappa shape index (κ1) is 15.6. The van der Waals surface area contributed by atoms with Crippen LogP contribution in [0.5, 0.6) is 0 Å². The number of anilines is 1. The van der Waals surface area contributed by atoms with Crippen LogP contribution in [0.4, 0.5) is 5.82 Å². The standard InChI is InChI=1S/C17H16N6OS/c1-10-11(2)25-17-14(10)16(19-9-20-17)23(3)8-13-21-15(22-24-13)12-6-4-5-7-18-12/h4-7,9H,8H2,1-3H3. The van der Waals surface area contributed by atoms with E-state index in [4.69, 9.17) is 4.52 Å². The Labute approximate surface area is 148 Å². The summed E-state index contributed by atoms with van der Waals surface area (Å²) in [7, 11) is 1.96. The Hall–Kier alpha value is -2.87. The van der Waals surface area contributed by atoms with Crippen LogP contribution in [0.3, 0.4) is 0 Å². The van der Waals surface area contributed by atoms with E-state index >= 15 is 0 Å². The molecule has 0 saturated carbocycles. The molecule has 126 valence electrons. The van der Waals surface area contributed by atoms with Gasteiger partial charge in [0.05, 0.1) is 11.9 Å². The van der Waals surface area contributed by atoms with Gasteiger partial charge in [-0.15, -0.1) is 11.3 Å². The summed E-state index contributed by atoms with van der Waals surface area (Å²) in [4.78, 5) is 21.7. The normalized spacial score (nSPS) is 11.2. The van der Waals surface area contributed by atoms with Crippen LogP contribution in [0.2, 0.25) is 0 Å². The summed E-state index contributed by atoms with van der Waals surface area (Å²) in [5, 5.41) is 5.09. The maximum absolute atomic E-state index is 5.38. The van der Waals surface area contributed by atoms with E-state index in [9.17, 15) is 0 Å². The van der Waals surface area contributed by atoms with Crippen molar-refractivity contribution >= 4 is 27.4 Å². The van der Waals surface area contributed by atoms with Crippen molar-refractivity contribution in [3.8, 4) is 11.5 Å². The van der Waals surface area contributed by atoms with Crippen molar-refractivity contribution in [2.24, 2.45) is 0 Å². The molecule has 4 rings (SSSR count). The number of nitrogens with zero attached hydrogens (tertiary/aromatic N) is 6. The Bertz CT molecular complexity index is 1030. The second-order valence-corrected chi connectivity index (χ2v) is 6.95. The van der Waals surface area contributed by atoms with Crippen molar-refractivity contribution in [3.05, 3.63) is 47.1 Å². The number of fused-ring (bicyclic) bond motifs is 1. The molecule has 0 saturated heterocycles. The number of hydrogen-bond donors (Lipinski definition) is 0. The average Bonchev–Trinajstić information content (AvgIpc) is 3.21. The third kappa shape index (κ3) is 2.85. The molecule has 4 aromatic heterocycles. The van der Waals surface area contributed by atoms with Crippen LogP contribution in [0.15, 0.2) is 35.2 Å². The summed E-state index contributed by atoms with van der Waals surface area (Å²) >= 11 is 1.68. The van der Waals surface area contributed by atoms with E-state index in [2.05, 4.69) is 38.9 Å². The van der Waals surface area contributed by atoms with E-state index in [1.807, 2.05) is 30.1 Å². The van der Waals surface area contributed by atoms with E-state index in [0.717, 1.165) is 16.0 Å². The SMILES string of the molecule is Cc1sc2ncnc(N(C)Cc3nc(-c4ccccn4)no3)c2c1C. The van der Waals surface area contributed by atoms with Gasteiger partial charge in [-0.05, 0) is 31.5 Å². The highest BCUT2D eigenvalue weighted by Gasteiger charge is 2.17. The smallest absolute Gasteiger partial charge is 0.246 e. The van der Waals surface area contributed by atoms with Gasteiger partial charge in [-0.3, -0.25) is 4.98 Å². The molecule has 0 N–H and O–H groups in total. The van der Waals surface area contributed by atoms with E-state index < -0.39 is 0 Å². The summed E-state index contributed by atoms with van der Waals surface area (Å²) in [6.45, 7) is 4.66. The van der Waals surface area contributed by atoms with Crippen LogP contribution in [-0.4, -0.2) is 32.1 Å². The molecule has 0 unspecified atom stereocenters. The minimum absolute atomic E-state index is 0.459. The second-order valence-electron chi connectivity index (χ2n) is 5.74. The second kappa shape index (κ2) is 6.21. The molecule has 4 aromatic rings. The van der Waals surface area contributed by atoms with Crippen LogP contribution in [0.25, 0.3) is 21.7 Å². The number of pyridine rings is 1. The predicted octanol–water partition coefficient (Wildman–Crippen LogP) is 3.39.